The van der Waals surface area contributed by atoms with Gasteiger partial charge in [0.15, 0.2) is 0 Å². The van der Waals surface area contributed by atoms with Gasteiger partial charge in [-0.2, -0.15) is 9.78 Å². The zero-order chi connectivity index (χ0) is 16.1. The van der Waals surface area contributed by atoms with Gasteiger partial charge >= 0.3 is 11.8 Å². The van der Waals surface area contributed by atoms with Crippen LogP contribution in [0.4, 0.5) is 0 Å². The number of carbonyl (C=O) groups is 1. The van der Waals surface area contributed by atoms with Crippen LogP contribution in [0.5, 0.6) is 0 Å². The van der Waals surface area contributed by atoms with Gasteiger partial charge in [0.2, 0.25) is 0 Å². The third-order valence-electron chi connectivity index (χ3n) is 3.52. The first-order valence-electron chi connectivity index (χ1n) is 7.87. The maximum absolute atomic E-state index is 12.0. The molecule has 0 amide bonds. The van der Waals surface area contributed by atoms with E-state index in [1.165, 1.54) is 0 Å². The van der Waals surface area contributed by atoms with Gasteiger partial charge in [0.1, 0.15) is 0 Å². The van der Waals surface area contributed by atoms with Crippen LogP contribution in [-0.2, 0) is 19.3 Å². The van der Waals surface area contributed by atoms with E-state index >= 15 is 0 Å². The van der Waals surface area contributed by atoms with Crippen LogP contribution in [-0.4, -0.2) is 29.6 Å². The molecule has 2 unspecified atom stereocenters. The Morgan fingerprint density at radius 2 is 1.86 bits per heavy atom. The van der Waals surface area contributed by atoms with E-state index in [1.54, 1.807) is 6.92 Å². The first kappa shape index (κ1) is 18.4. The Morgan fingerprint density at radius 1 is 1.24 bits per heavy atom. The molecule has 1 fully saturated rings. The molecule has 0 aliphatic carbocycles. The lowest BCUT2D eigenvalue weighted by Crippen LogP contribution is -2.28. The lowest BCUT2D eigenvalue weighted by Gasteiger charge is -2.18. The number of unbranched alkanes of at least 4 members (excludes halogenated alkanes) is 1. The molecule has 1 aliphatic heterocycles. The number of hydrogen-bond acceptors (Lipinski definition) is 5. The summed E-state index contributed by atoms with van der Waals surface area (Å²) >= 11 is 0. The molecular formula is C16H30O5. The van der Waals surface area contributed by atoms with Crippen molar-refractivity contribution in [1.29, 1.82) is 0 Å². The lowest BCUT2D eigenvalue weighted by atomic mass is 9.89. The minimum absolute atomic E-state index is 0.116. The van der Waals surface area contributed by atoms with Crippen LogP contribution in [0.25, 0.3) is 0 Å². The van der Waals surface area contributed by atoms with Crippen LogP contribution < -0.4 is 0 Å². The van der Waals surface area contributed by atoms with Crippen molar-refractivity contribution in [3.63, 3.8) is 0 Å². The standard InChI is InChI=1S/C16H30O5/c1-12(10-13(2)17)11-19-14(18)16(20-21-16)9-7-6-8-15(3,4)5/h12-13,17H,6-11H2,1-5H3. The van der Waals surface area contributed by atoms with E-state index in [0.717, 1.165) is 19.3 Å². The fourth-order valence-corrected chi connectivity index (χ4v) is 2.30. The second kappa shape index (κ2) is 7.56. The van der Waals surface area contributed by atoms with Crippen molar-refractivity contribution in [2.45, 2.75) is 78.6 Å². The highest BCUT2D eigenvalue weighted by atomic mass is 17.4. The fourth-order valence-electron chi connectivity index (χ4n) is 2.30. The summed E-state index contributed by atoms with van der Waals surface area (Å²) in [5.74, 6) is -1.50. The van der Waals surface area contributed by atoms with Crippen LogP contribution >= 0.6 is 0 Å². The van der Waals surface area contributed by atoms with Gasteiger partial charge < -0.3 is 9.84 Å². The highest BCUT2D eigenvalue weighted by Crippen LogP contribution is 2.37. The minimum Gasteiger partial charge on any atom is -0.461 e. The van der Waals surface area contributed by atoms with Crippen molar-refractivity contribution in [2.75, 3.05) is 6.61 Å². The Kier molecular flexibility index (Phi) is 6.63. The third kappa shape index (κ3) is 7.25. The molecule has 124 valence electrons. The van der Waals surface area contributed by atoms with Gasteiger partial charge in [-0.15, -0.1) is 0 Å². The number of esters is 1. The van der Waals surface area contributed by atoms with Crippen molar-refractivity contribution in [2.24, 2.45) is 11.3 Å². The molecule has 5 nitrogen and oxygen atoms in total. The van der Waals surface area contributed by atoms with Gasteiger partial charge in [0, 0.05) is 6.42 Å². The molecule has 0 saturated carbocycles. The Labute approximate surface area is 127 Å². The number of hydrogen-bond donors (Lipinski definition) is 1. The largest absolute Gasteiger partial charge is 0.461 e. The fraction of sp³-hybridized carbons (Fsp3) is 0.938. The normalized spacial score (nSPS) is 19.9. The second-order valence-corrected chi connectivity index (χ2v) is 7.48. The summed E-state index contributed by atoms with van der Waals surface area (Å²) in [5, 5.41) is 9.28. The molecule has 2 atom stereocenters. The van der Waals surface area contributed by atoms with Crippen LogP contribution in [0.1, 0.15) is 66.7 Å². The number of carbonyl (C=O) groups excluding carboxylic acids is 1. The molecule has 5 heteroatoms. The predicted octanol–water partition coefficient (Wildman–Crippen LogP) is 3.20. The highest BCUT2D eigenvalue weighted by Gasteiger charge is 2.57. The number of rotatable bonds is 9. The van der Waals surface area contributed by atoms with E-state index in [2.05, 4.69) is 20.8 Å². The quantitative estimate of drug-likeness (QED) is 0.306. The average Bonchev–Trinajstić information content (AvgIpc) is 3.11. The van der Waals surface area contributed by atoms with Crippen LogP contribution in [0, 0.1) is 11.3 Å². The summed E-state index contributed by atoms with van der Waals surface area (Å²) in [6.07, 6.45) is 3.75. The molecule has 0 aromatic rings. The molecule has 1 N–H and O–H groups in total. The Balaban J connectivity index is 2.23. The Hall–Kier alpha value is -0.650. The summed E-state index contributed by atoms with van der Waals surface area (Å²) in [6.45, 7) is 10.5. The summed E-state index contributed by atoms with van der Waals surface area (Å²) in [7, 11) is 0. The Bertz CT molecular complexity index is 328. The van der Waals surface area contributed by atoms with Crippen LogP contribution in [0.2, 0.25) is 0 Å². The average molecular weight is 302 g/mol. The summed E-state index contributed by atoms with van der Waals surface area (Å²) in [6, 6.07) is 0. The highest BCUT2D eigenvalue weighted by molar-refractivity contribution is 5.79. The Morgan fingerprint density at radius 3 is 2.33 bits per heavy atom. The molecule has 1 saturated heterocycles. The summed E-state index contributed by atoms with van der Waals surface area (Å²) < 4.78 is 5.23. The molecule has 0 spiro atoms. The van der Waals surface area contributed by atoms with Crippen molar-refractivity contribution in [1.82, 2.24) is 0 Å². The molecule has 0 bridgehead atoms. The maximum Gasteiger partial charge on any atom is 0.372 e. The zero-order valence-electron chi connectivity index (χ0n) is 14.0. The van der Waals surface area contributed by atoms with Gasteiger partial charge in [-0.25, -0.2) is 4.79 Å². The predicted molar refractivity (Wildman–Crippen MR) is 79.2 cm³/mol. The molecule has 0 aromatic heterocycles. The molecule has 1 aliphatic rings. The molecular weight excluding hydrogens is 272 g/mol. The van der Waals surface area contributed by atoms with E-state index < -0.39 is 17.9 Å². The SMILES string of the molecule is CC(O)CC(C)COC(=O)C1(CCCCC(C)(C)C)OO1. The number of ether oxygens (including phenoxy) is 1. The first-order chi connectivity index (χ1) is 9.65. The third-order valence-corrected chi connectivity index (χ3v) is 3.52. The van der Waals surface area contributed by atoms with Gasteiger partial charge in [-0.05, 0) is 37.5 Å². The van der Waals surface area contributed by atoms with E-state index in [4.69, 9.17) is 14.5 Å². The van der Waals surface area contributed by atoms with E-state index in [1.807, 2.05) is 6.92 Å². The molecule has 21 heavy (non-hydrogen) atoms. The second-order valence-electron chi connectivity index (χ2n) is 7.48. The van der Waals surface area contributed by atoms with Gasteiger partial charge in [0.25, 0.3) is 0 Å². The number of aliphatic hydroxyl groups is 1. The van der Waals surface area contributed by atoms with E-state index in [0.29, 0.717) is 18.3 Å². The van der Waals surface area contributed by atoms with Gasteiger partial charge in [-0.1, -0.05) is 34.1 Å². The smallest absolute Gasteiger partial charge is 0.372 e. The van der Waals surface area contributed by atoms with Gasteiger partial charge in [-0.3, -0.25) is 0 Å². The molecule has 1 heterocycles. The molecule has 0 aromatic carbocycles. The minimum atomic E-state index is -1.16. The summed E-state index contributed by atoms with van der Waals surface area (Å²) in [5.41, 5.74) is 0.301. The lowest BCUT2D eigenvalue weighted by molar-refractivity contribution is -0.153. The molecule has 0 radical (unpaired) electrons. The summed E-state index contributed by atoms with van der Waals surface area (Å²) in [4.78, 5) is 21.7. The van der Waals surface area contributed by atoms with Crippen molar-refractivity contribution in [3.05, 3.63) is 0 Å². The monoisotopic (exact) mass is 302 g/mol. The van der Waals surface area contributed by atoms with Crippen molar-refractivity contribution < 1.29 is 24.4 Å². The maximum atomic E-state index is 12.0. The van der Waals surface area contributed by atoms with Crippen LogP contribution in [0.3, 0.4) is 0 Å². The topological polar surface area (TPSA) is 71.6 Å². The van der Waals surface area contributed by atoms with Gasteiger partial charge in [0.05, 0.1) is 12.7 Å². The molecule has 1 rings (SSSR count). The van der Waals surface area contributed by atoms with E-state index in [-0.39, 0.29) is 12.5 Å². The zero-order valence-corrected chi connectivity index (χ0v) is 14.0. The van der Waals surface area contributed by atoms with Crippen molar-refractivity contribution >= 4 is 5.97 Å². The van der Waals surface area contributed by atoms with Crippen molar-refractivity contribution in [3.8, 4) is 0 Å². The first-order valence-corrected chi connectivity index (χ1v) is 7.87. The van der Waals surface area contributed by atoms with E-state index in [9.17, 15) is 9.90 Å². The van der Waals surface area contributed by atoms with Crippen LogP contribution in [0.15, 0.2) is 0 Å². The number of aliphatic hydroxyl groups excluding tert-OH is 1.